The third kappa shape index (κ3) is 3.30. The van der Waals surface area contributed by atoms with E-state index in [4.69, 9.17) is 4.74 Å². The molecule has 0 unspecified atom stereocenters. The average Bonchev–Trinajstić information content (AvgIpc) is 2.85. The Bertz CT molecular complexity index is 732. The van der Waals surface area contributed by atoms with Crippen LogP contribution in [0.3, 0.4) is 0 Å². The van der Waals surface area contributed by atoms with Crippen LogP contribution in [0.4, 0.5) is 0 Å². The first-order valence-corrected chi connectivity index (χ1v) is 7.91. The summed E-state index contributed by atoms with van der Waals surface area (Å²) in [6.45, 7) is 6.01. The first kappa shape index (κ1) is 14.6. The number of ether oxygens (including phenoxy) is 1. The Labute approximate surface area is 131 Å². The van der Waals surface area contributed by atoms with Gasteiger partial charge in [-0.1, -0.05) is 44.2 Å². The van der Waals surface area contributed by atoms with E-state index < -0.39 is 0 Å². The number of H-pyrrole nitrogens is 1. The molecule has 22 heavy (non-hydrogen) atoms. The highest BCUT2D eigenvalue weighted by atomic mass is 16.5. The summed E-state index contributed by atoms with van der Waals surface area (Å²) in [6, 6.07) is 18.4. The van der Waals surface area contributed by atoms with Crippen LogP contribution in [0, 0.1) is 5.92 Å². The van der Waals surface area contributed by atoms with Gasteiger partial charge in [0.2, 0.25) is 0 Å². The molecule has 3 rings (SSSR count). The van der Waals surface area contributed by atoms with Gasteiger partial charge in [0.05, 0.1) is 6.42 Å². The number of nitrogens with zero attached hydrogens (tertiary/aromatic N) is 1. The van der Waals surface area contributed by atoms with Crippen LogP contribution in [0.15, 0.2) is 54.6 Å². The van der Waals surface area contributed by atoms with E-state index in [0.717, 1.165) is 18.7 Å². The number of aromatic nitrogens is 2. The lowest BCUT2D eigenvalue weighted by atomic mass is 10.1. The van der Waals surface area contributed by atoms with Gasteiger partial charge in [0.25, 0.3) is 5.82 Å². The van der Waals surface area contributed by atoms with Crippen molar-refractivity contribution in [1.29, 1.82) is 0 Å². The van der Waals surface area contributed by atoms with Crippen LogP contribution >= 0.6 is 0 Å². The summed E-state index contributed by atoms with van der Waals surface area (Å²) < 4.78 is 8.20. The first-order chi connectivity index (χ1) is 10.7. The SMILES string of the molecule is CC(C)Cc1[nH]c2ccccc2[n+]1CCOc1ccccc1. The maximum Gasteiger partial charge on any atom is 0.255 e. The van der Waals surface area contributed by atoms with E-state index in [9.17, 15) is 0 Å². The quantitative estimate of drug-likeness (QED) is 0.690. The largest absolute Gasteiger partial charge is 0.489 e. The van der Waals surface area contributed by atoms with Crippen molar-refractivity contribution in [2.75, 3.05) is 6.61 Å². The molecule has 0 amide bonds. The molecule has 0 aliphatic heterocycles. The summed E-state index contributed by atoms with van der Waals surface area (Å²) in [5, 5.41) is 0. The molecule has 1 heterocycles. The molecular formula is C19H23N2O+. The van der Waals surface area contributed by atoms with E-state index in [-0.39, 0.29) is 0 Å². The lowest BCUT2D eigenvalue weighted by Crippen LogP contribution is -2.40. The Morgan fingerprint density at radius 3 is 2.50 bits per heavy atom. The Balaban J connectivity index is 1.79. The Kier molecular flexibility index (Phi) is 4.42. The number of hydrogen-bond acceptors (Lipinski definition) is 1. The van der Waals surface area contributed by atoms with Crippen LogP contribution in [-0.4, -0.2) is 11.6 Å². The van der Waals surface area contributed by atoms with Crippen LogP contribution < -0.4 is 9.30 Å². The van der Waals surface area contributed by atoms with Gasteiger partial charge in [0.1, 0.15) is 18.9 Å². The normalized spacial score (nSPS) is 11.2. The van der Waals surface area contributed by atoms with E-state index in [1.54, 1.807) is 0 Å². The zero-order valence-electron chi connectivity index (χ0n) is 13.3. The second-order valence-corrected chi connectivity index (χ2v) is 6.00. The molecule has 0 aliphatic carbocycles. The summed E-state index contributed by atoms with van der Waals surface area (Å²) in [5.74, 6) is 2.82. The summed E-state index contributed by atoms with van der Waals surface area (Å²) in [7, 11) is 0. The maximum absolute atomic E-state index is 5.85. The number of fused-ring (bicyclic) bond motifs is 1. The second-order valence-electron chi connectivity index (χ2n) is 6.00. The molecule has 0 bridgehead atoms. The summed E-state index contributed by atoms with van der Waals surface area (Å²) in [5.41, 5.74) is 2.44. The molecule has 3 heteroatoms. The number of hydrogen-bond donors (Lipinski definition) is 1. The monoisotopic (exact) mass is 295 g/mol. The number of imidazole rings is 1. The predicted molar refractivity (Wildman–Crippen MR) is 89.0 cm³/mol. The molecule has 3 nitrogen and oxygen atoms in total. The summed E-state index contributed by atoms with van der Waals surface area (Å²) >= 11 is 0. The zero-order valence-corrected chi connectivity index (χ0v) is 13.3. The number of aromatic amines is 1. The highest BCUT2D eigenvalue weighted by Crippen LogP contribution is 2.12. The minimum atomic E-state index is 0.620. The summed E-state index contributed by atoms with van der Waals surface area (Å²) in [4.78, 5) is 3.55. The fraction of sp³-hybridized carbons (Fsp3) is 0.316. The fourth-order valence-corrected chi connectivity index (χ4v) is 2.76. The summed E-state index contributed by atoms with van der Waals surface area (Å²) in [6.07, 6.45) is 1.04. The maximum atomic E-state index is 5.85. The molecule has 0 atom stereocenters. The molecule has 1 N–H and O–H groups in total. The Morgan fingerprint density at radius 1 is 1.00 bits per heavy atom. The van der Waals surface area contributed by atoms with Crippen LogP contribution in [-0.2, 0) is 13.0 Å². The molecular weight excluding hydrogens is 272 g/mol. The van der Waals surface area contributed by atoms with Gasteiger partial charge in [-0.15, -0.1) is 0 Å². The third-order valence-electron chi connectivity index (χ3n) is 3.73. The zero-order chi connectivity index (χ0) is 15.4. The van der Waals surface area contributed by atoms with E-state index >= 15 is 0 Å². The average molecular weight is 295 g/mol. The van der Waals surface area contributed by atoms with Gasteiger partial charge >= 0.3 is 0 Å². The third-order valence-corrected chi connectivity index (χ3v) is 3.73. The van der Waals surface area contributed by atoms with Gasteiger partial charge in [-0.3, -0.25) is 0 Å². The lowest BCUT2D eigenvalue weighted by molar-refractivity contribution is -0.679. The van der Waals surface area contributed by atoms with Gasteiger partial charge in [0.15, 0.2) is 11.0 Å². The predicted octanol–water partition coefficient (Wildman–Crippen LogP) is 3.73. The lowest BCUT2D eigenvalue weighted by Gasteiger charge is -2.07. The second kappa shape index (κ2) is 6.65. The van der Waals surface area contributed by atoms with E-state index in [1.807, 2.05) is 30.3 Å². The molecule has 0 saturated carbocycles. The van der Waals surface area contributed by atoms with Crippen molar-refractivity contribution in [3.8, 4) is 5.75 Å². The van der Waals surface area contributed by atoms with Crippen LogP contribution in [0.25, 0.3) is 11.0 Å². The van der Waals surface area contributed by atoms with Crippen LogP contribution in [0.1, 0.15) is 19.7 Å². The minimum Gasteiger partial charge on any atom is -0.489 e. The first-order valence-electron chi connectivity index (χ1n) is 7.91. The van der Waals surface area contributed by atoms with Crippen molar-refractivity contribution in [2.45, 2.75) is 26.8 Å². The standard InChI is InChI=1S/C19H22N2O/c1-15(2)14-19-20-17-10-6-7-11-18(17)21(19)12-13-22-16-8-4-3-5-9-16/h3-11,15H,12-14H2,1-2H3/p+1. The van der Waals surface area contributed by atoms with Crippen molar-refractivity contribution < 1.29 is 9.30 Å². The minimum absolute atomic E-state index is 0.620. The fourth-order valence-electron chi connectivity index (χ4n) is 2.76. The van der Waals surface area contributed by atoms with Gasteiger partial charge in [-0.25, -0.2) is 9.55 Å². The molecule has 0 saturated heterocycles. The van der Waals surface area contributed by atoms with Crippen molar-refractivity contribution >= 4 is 11.0 Å². The van der Waals surface area contributed by atoms with Crippen molar-refractivity contribution in [3.05, 3.63) is 60.4 Å². The molecule has 114 valence electrons. The van der Waals surface area contributed by atoms with Crippen LogP contribution in [0.2, 0.25) is 0 Å². The van der Waals surface area contributed by atoms with Gasteiger partial charge in [-0.05, 0) is 30.2 Å². The van der Waals surface area contributed by atoms with E-state index in [2.05, 4.69) is 47.7 Å². The topological polar surface area (TPSA) is 28.9 Å². The highest BCUT2D eigenvalue weighted by molar-refractivity contribution is 5.71. The van der Waals surface area contributed by atoms with Crippen molar-refractivity contribution in [3.63, 3.8) is 0 Å². The molecule has 2 aromatic carbocycles. The Hall–Kier alpha value is -2.29. The van der Waals surface area contributed by atoms with E-state index in [0.29, 0.717) is 12.5 Å². The smallest absolute Gasteiger partial charge is 0.255 e. The van der Waals surface area contributed by atoms with Crippen LogP contribution in [0.5, 0.6) is 5.75 Å². The van der Waals surface area contributed by atoms with Gasteiger partial charge in [-0.2, -0.15) is 0 Å². The molecule has 0 radical (unpaired) electrons. The number of benzene rings is 2. The molecule has 3 aromatic rings. The number of para-hydroxylation sites is 3. The Morgan fingerprint density at radius 2 is 1.73 bits per heavy atom. The molecule has 1 aromatic heterocycles. The highest BCUT2D eigenvalue weighted by Gasteiger charge is 2.18. The number of nitrogens with one attached hydrogen (secondary N) is 1. The molecule has 0 aliphatic rings. The van der Waals surface area contributed by atoms with Gasteiger partial charge in [0, 0.05) is 0 Å². The number of rotatable bonds is 6. The molecule has 0 fully saturated rings. The van der Waals surface area contributed by atoms with Crippen molar-refractivity contribution in [2.24, 2.45) is 5.92 Å². The van der Waals surface area contributed by atoms with Crippen molar-refractivity contribution in [1.82, 2.24) is 4.98 Å². The van der Waals surface area contributed by atoms with Gasteiger partial charge < -0.3 is 4.74 Å². The molecule has 0 spiro atoms. The van der Waals surface area contributed by atoms with E-state index in [1.165, 1.54) is 16.9 Å².